The number of carbonyl (C=O) groups is 1. The van der Waals surface area contributed by atoms with Crippen LogP contribution in [0, 0.1) is 0 Å². The largest absolute Gasteiger partial charge is 0.504 e. The van der Waals surface area contributed by atoms with Crippen molar-refractivity contribution in [3.05, 3.63) is 81.6 Å². The summed E-state index contributed by atoms with van der Waals surface area (Å²) in [5, 5.41) is 25.2. The first kappa shape index (κ1) is 21.5. The number of phenolic OH excluding ortho intramolecular Hbond substituents is 1. The lowest BCUT2D eigenvalue weighted by molar-refractivity contribution is -0.118. The number of rotatable bonds is 1. The standard InChI is InChI=1S/C25H22ClN3O4S/c26-16-4-1-14(2-5-16)22-20-13-27-24(34-20)28-23(32)25(8-9-25)15-3-6-18(31)19(11-15)33-21-12-17(30)7-10-29(21)22/h1-6,11-13,17,22,30-31H,7-10H2,(H,27,28,32). The second-order valence-corrected chi connectivity index (χ2v) is 10.4. The van der Waals surface area contributed by atoms with E-state index in [1.54, 1.807) is 30.5 Å². The summed E-state index contributed by atoms with van der Waals surface area (Å²) in [6.07, 6.45) is 4.70. The van der Waals surface area contributed by atoms with Gasteiger partial charge in [-0.3, -0.25) is 4.79 Å². The number of benzene rings is 2. The monoisotopic (exact) mass is 495 g/mol. The second-order valence-electron chi connectivity index (χ2n) is 8.90. The zero-order chi connectivity index (χ0) is 23.4. The van der Waals surface area contributed by atoms with E-state index in [1.807, 2.05) is 29.2 Å². The predicted octanol–water partition coefficient (Wildman–Crippen LogP) is 4.56. The van der Waals surface area contributed by atoms with E-state index < -0.39 is 11.5 Å². The Morgan fingerprint density at radius 3 is 2.76 bits per heavy atom. The first-order valence-electron chi connectivity index (χ1n) is 11.1. The third-order valence-corrected chi connectivity index (χ3v) is 7.92. The van der Waals surface area contributed by atoms with Crippen molar-refractivity contribution in [3.63, 3.8) is 0 Å². The topological polar surface area (TPSA) is 94.9 Å². The van der Waals surface area contributed by atoms with Gasteiger partial charge in [-0.2, -0.15) is 0 Å². The van der Waals surface area contributed by atoms with Gasteiger partial charge in [-0.15, -0.1) is 0 Å². The Morgan fingerprint density at radius 2 is 2.00 bits per heavy atom. The van der Waals surface area contributed by atoms with E-state index in [4.69, 9.17) is 16.3 Å². The fourth-order valence-corrected chi connectivity index (χ4v) is 5.76. The van der Waals surface area contributed by atoms with Gasteiger partial charge in [0.25, 0.3) is 0 Å². The van der Waals surface area contributed by atoms with Crippen LogP contribution in [0.4, 0.5) is 5.13 Å². The number of aliphatic hydroxyl groups excluding tert-OH is 1. The van der Waals surface area contributed by atoms with Gasteiger partial charge in [-0.1, -0.05) is 41.1 Å². The molecule has 1 fully saturated rings. The molecule has 3 heterocycles. The third kappa shape index (κ3) is 3.62. The highest BCUT2D eigenvalue weighted by Crippen LogP contribution is 2.51. The number of ether oxygens (including phenoxy) is 1. The molecule has 6 rings (SSSR count). The maximum absolute atomic E-state index is 13.3. The Balaban J connectivity index is 1.53. The normalized spacial score (nSPS) is 22.9. The van der Waals surface area contributed by atoms with Crippen LogP contribution in [0.2, 0.25) is 5.02 Å². The van der Waals surface area contributed by atoms with Crippen molar-refractivity contribution < 1.29 is 19.7 Å². The SMILES string of the molecule is O=C1Nc2ncc(s2)C(c2ccc(Cl)cc2)N2CCC(O)C=C2Oc2cc(ccc2O)C12CC2. The Bertz CT molecular complexity index is 1300. The van der Waals surface area contributed by atoms with Crippen molar-refractivity contribution in [2.45, 2.75) is 36.8 Å². The number of phenols is 1. The highest BCUT2D eigenvalue weighted by molar-refractivity contribution is 7.15. The molecule has 0 radical (unpaired) electrons. The van der Waals surface area contributed by atoms with Crippen molar-refractivity contribution >= 4 is 34.0 Å². The summed E-state index contributed by atoms with van der Waals surface area (Å²) in [6.45, 7) is 0.518. The van der Waals surface area contributed by atoms with Gasteiger partial charge < -0.3 is 25.2 Å². The molecule has 4 bridgehead atoms. The zero-order valence-electron chi connectivity index (χ0n) is 18.1. The summed E-state index contributed by atoms with van der Waals surface area (Å²) in [5.41, 5.74) is 1.08. The molecule has 2 aromatic carbocycles. The number of nitrogens with one attached hydrogen (secondary N) is 1. The number of aromatic hydroxyl groups is 1. The number of halogens is 1. The average molecular weight is 496 g/mol. The van der Waals surface area contributed by atoms with E-state index in [1.165, 1.54) is 11.3 Å². The number of hydrogen-bond donors (Lipinski definition) is 3. The zero-order valence-corrected chi connectivity index (χ0v) is 19.6. The van der Waals surface area contributed by atoms with Gasteiger partial charge in [0.05, 0.1) is 22.4 Å². The van der Waals surface area contributed by atoms with Crippen LogP contribution >= 0.6 is 22.9 Å². The average Bonchev–Trinajstić information content (AvgIpc) is 3.51. The molecule has 3 aromatic rings. The Labute approximate surface area is 205 Å². The first-order chi connectivity index (χ1) is 16.4. The summed E-state index contributed by atoms with van der Waals surface area (Å²) in [5.74, 6) is 0.544. The maximum atomic E-state index is 13.3. The molecule has 3 aliphatic rings. The van der Waals surface area contributed by atoms with Crippen LogP contribution < -0.4 is 10.1 Å². The summed E-state index contributed by atoms with van der Waals surface area (Å²) >= 11 is 7.57. The Hall–Kier alpha value is -3.07. The Kier molecular flexibility index (Phi) is 5.05. The summed E-state index contributed by atoms with van der Waals surface area (Å²) in [4.78, 5) is 20.7. The van der Waals surface area contributed by atoms with Gasteiger partial charge in [-0.05, 0) is 54.7 Å². The summed E-state index contributed by atoms with van der Waals surface area (Å²) in [7, 11) is 0. The van der Waals surface area contributed by atoms with Gasteiger partial charge in [0.15, 0.2) is 22.5 Å². The van der Waals surface area contributed by atoms with Crippen molar-refractivity contribution in [1.82, 2.24) is 9.88 Å². The number of aromatic nitrogens is 1. The summed E-state index contributed by atoms with van der Waals surface area (Å²) in [6, 6.07) is 12.3. The van der Waals surface area contributed by atoms with Crippen LogP contribution in [0.3, 0.4) is 0 Å². The van der Waals surface area contributed by atoms with Gasteiger partial charge >= 0.3 is 0 Å². The van der Waals surface area contributed by atoms with Crippen molar-refractivity contribution in [1.29, 1.82) is 0 Å². The molecule has 1 aromatic heterocycles. The van der Waals surface area contributed by atoms with Crippen LogP contribution in [-0.4, -0.2) is 38.7 Å². The number of anilines is 1. The molecule has 1 spiro atoms. The number of carbonyl (C=O) groups excluding carboxylic acids is 1. The maximum Gasteiger partial charge on any atom is 0.236 e. The molecule has 1 aliphatic carbocycles. The molecule has 0 saturated heterocycles. The number of fused-ring (bicyclic) bond motifs is 6. The van der Waals surface area contributed by atoms with Crippen molar-refractivity contribution in [2.75, 3.05) is 11.9 Å². The minimum absolute atomic E-state index is 0.0294. The molecule has 1 amide bonds. The lowest BCUT2D eigenvalue weighted by Gasteiger charge is -2.37. The minimum atomic E-state index is -0.673. The number of amides is 1. The quantitative estimate of drug-likeness (QED) is 0.458. The molecule has 2 unspecified atom stereocenters. The van der Waals surface area contributed by atoms with Crippen LogP contribution in [-0.2, 0) is 10.2 Å². The van der Waals surface area contributed by atoms with E-state index in [-0.39, 0.29) is 23.4 Å². The summed E-state index contributed by atoms with van der Waals surface area (Å²) < 4.78 is 6.26. The lowest BCUT2D eigenvalue weighted by Crippen LogP contribution is -2.37. The molecule has 34 heavy (non-hydrogen) atoms. The second kappa shape index (κ2) is 8.01. The van der Waals surface area contributed by atoms with Crippen molar-refractivity contribution in [3.8, 4) is 11.5 Å². The van der Waals surface area contributed by atoms with Crippen LogP contribution in [0.5, 0.6) is 11.5 Å². The Morgan fingerprint density at radius 1 is 1.21 bits per heavy atom. The fourth-order valence-electron chi connectivity index (χ4n) is 4.68. The van der Waals surface area contributed by atoms with Gasteiger partial charge in [-0.25, -0.2) is 4.98 Å². The molecular formula is C25H22ClN3O4S. The number of nitrogens with zero attached hydrogens (tertiary/aromatic N) is 2. The molecule has 7 nitrogen and oxygen atoms in total. The van der Waals surface area contributed by atoms with Crippen LogP contribution in [0.1, 0.15) is 41.3 Å². The minimum Gasteiger partial charge on any atom is -0.504 e. The van der Waals surface area contributed by atoms with Gasteiger partial charge in [0.2, 0.25) is 5.91 Å². The van der Waals surface area contributed by atoms with E-state index >= 15 is 0 Å². The third-order valence-electron chi connectivity index (χ3n) is 6.71. The fraction of sp³-hybridized carbons (Fsp3) is 0.280. The molecule has 2 atom stereocenters. The van der Waals surface area contributed by atoms with Gasteiger partial charge in [0.1, 0.15) is 0 Å². The number of aliphatic hydroxyl groups is 1. The highest BCUT2D eigenvalue weighted by atomic mass is 35.5. The van der Waals surface area contributed by atoms with E-state index in [9.17, 15) is 15.0 Å². The smallest absolute Gasteiger partial charge is 0.236 e. The number of hydrogen-bond acceptors (Lipinski definition) is 7. The molecular weight excluding hydrogens is 474 g/mol. The molecule has 2 aliphatic heterocycles. The first-order valence-corrected chi connectivity index (χ1v) is 12.3. The van der Waals surface area contributed by atoms with E-state index in [0.717, 1.165) is 16.0 Å². The van der Waals surface area contributed by atoms with Gasteiger partial charge in [0, 0.05) is 23.8 Å². The predicted molar refractivity (Wildman–Crippen MR) is 129 cm³/mol. The molecule has 9 heteroatoms. The lowest BCUT2D eigenvalue weighted by atomic mass is 9.94. The van der Waals surface area contributed by atoms with Crippen molar-refractivity contribution in [2.24, 2.45) is 0 Å². The highest BCUT2D eigenvalue weighted by Gasteiger charge is 2.52. The number of thiazole rings is 1. The van der Waals surface area contributed by atoms with E-state index in [2.05, 4.69) is 10.3 Å². The molecule has 174 valence electrons. The van der Waals surface area contributed by atoms with E-state index in [0.29, 0.717) is 41.8 Å². The van der Waals surface area contributed by atoms with Crippen LogP contribution in [0.15, 0.2) is 60.6 Å². The molecule has 3 N–H and O–H groups in total. The van der Waals surface area contributed by atoms with Crippen LogP contribution in [0.25, 0.3) is 0 Å². The molecule has 1 saturated carbocycles.